The highest BCUT2D eigenvalue weighted by atomic mass is 79.9. The Bertz CT molecular complexity index is 1240. The summed E-state index contributed by atoms with van der Waals surface area (Å²) in [6.45, 7) is 0.00735. The molecular weight excluding hydrogens is 560 g/mol. The van der Waals surface area contributed by atoms with Crippen LogP contribution in [0.15, 0.2) is 34.8 Å². The number of aromatic hydroxyl groups is 2. The molecule has 1 aliphatic rings. The summed E-state index contributed by atoms with van der Waals surface area (Å²) >= 11 is 3.26. The van der Waals surface area contributed by atoms with E-state index in [1.807, 2.05) is 0 Å². The van der Waals surface area contributed by atoms with Gasteiger partial charge in [0.05, 0.1) is 11.0 Å². The number of likely N-dealkylation sites (N-methyl/N-ethyl adjacent to an activating group) is 1. The summed E-state index contributed by atoms with van der Waals surface area (Å²) in [5.41, 5.74) is 6.68. The van der Waals surface area contributed by atoms with Gasteiger partial charge in [0.25, 0.3) is 0 Å². The maximum absolute atomic E-state index is 13.3. The summed E-state index contributed by atoms with van der Waals surface area (Å²) in [4.78, 5) is 51.9. The fourth-order valence-electron chi connectivity index (χ4n) is 4.33. The molecule has 0 fully saturated rings. The van der Waals surface area contributed by atoms with E-state index in [4.69, 9.17) is 5.73 Å². The molecule has 0 saturated heterocycles. The molecule has 3 rings (SSSR count). The van der Waals surface area contributed by atoms with Gasteiger partial charge in [0.15, 0.2) is 0 Å². The lowest BCUT2D eigenvalue weighted by Gasteiger charge is -2.29. The predicted octanol–water partition coefficient (Wildman–Crippen LogP) is 1.79. The molecule has 2 aromatic carbocycles. The number of unbranched alkanes of at least 4 members (excludes halogenated alkanes) is 2. The number of aliphatic carboxylic acids is 1. The number of phenolic OH excluding ortho intramolecular Hbond substituents is 2. The molecule has 1 aliphatic heterocycles. The Morgan fingerprint density at radius 2 is 1.84 bits per heavy atom. The van der Waals surface area contributed by atoms with Crippen LogP contribution in [0, 0.1) is 0 Å². The molecule has 2 unspecified atom stereocenters. The number of halogens is 1. The number of rotatable bonds is 7. The highest BCUT2D eigenvalue weighted by molar-refractivity contribution is 9.10. The monoisotopic (exact) mass is 590 g/mol. The molecule has 7 N–H and O–H groups in total. The molecule has 0 spiro atoms. The Kier molecular flexibility index (Phi) is 9.70. The van der Waals surface area contributed by atoms with E-state index in [9.17, 15) is 34.5 Å². The van der Waals surface area contributed by atoms with Gasteiger partial charge < -0.3 is 36.6 Å². The van der Waals surface area contributed by atoms with Crippen molar-refractivity contribution in [3.63, 3.8) is 0 Å². The van der Waals surface area contributed by atoms with Gasteiger partial charge in [-0.15, -0.1) is 0 Å². The average molecular weight is 591 g/mol. The van der Waals surface area contributed by atoms with Crippen LogP contribution in [-0.2, 0) is 25.6 Å². The van der Waals surface area contributed by atoms with Gasteiger partial charge in [-0.3, -0.25) is 14.4 Å². The summed E-state index contributed by atoms with van der Waals surface area (Å²) in [6.07, 6.45) is 2.18. The Labute approximate surface area is 228 Å². The molecule has 11 nitrogen and oxygen atoms in total. The molecule has 0 radical (unpaired) electrons. The smallest absolute Gasteiger partial charge is 0.326 e. The van der Waals surface area contributed by atoms with E-state index in [-0.39, 0.29) is 45.8 Å². The Morgan fingerprint density at radius 1 is 1.11 bits per heavy atom. The Balaban J connectivity index is 2.12. The first kappa shape index (κ1) is 28.9. The van der Waals surface area contributed by atoms with Crippen LogP contribution in [0.5, 0.6) is 11.5 Å². The van der Waals surface area contributed by atoms with E-state index in [1.54, 1.807) is 0 Å². The SMILES string of the molecule is CN(C(=O)CCCCCN)C1C(=O)NCC(=O)NC(C(=O)O)Cc2cc(Br)c(O)c(c2)-c2cc1ccc2O. The fraction of sp³-hybridized carbons (Fsp3) is 0.385. The normalized spacial score (nSPS) is 17.7. The summed E-state index contributed by atoms with van der Waals surface area (Å²) in [5.74, 6) is -3.39. The Hall–Kier alpha value is -3.64. The number of nitrogens with zero attached hydrogens (tertiary/aromatic N) is 1. The molecule has 204 valence electrons. The molecule has 12 heteroatoms. The molecule has 2 aromatic rings. The quantitative estimate of drug-likeness (QED) is 0.264. The molecule has 0 saturated carbocycles. The van der Waals surface area contributed by atoms with Gasteiger partial charge in [-0.05, 0) is 70.7 Å². The van der Waals surface area contributed by atoms with E-state index in [1.165, 1.54) is 42.3 Å². The third kappa shape index (κ3) is 6.81. The van der Waals surface area contributed by atoms with Crippen molar-refractivity contribution in [2.24, 2.45) is 5.73 Å². The van der Waals surface area contributed by atoms with Gasteiger partial charge in [-0.1, -0.05) is 12.5 Å². The first-order valence-electron chi connectivity index (χ1n) is 12.1. The van der Waals surface area contributed by atoms with E-state index in [0.29, 0.717) is 24.1 Å². The van der Waals surface area contributed by atoms with Crippen molar-refractivity contribution in [3.8, 4) is 22.6 Å². The summed E-state index contributed by atoms with van der Waals surface area (Å²) in [6, 6.07) is 4.87. The largest absolute Gasteiger partial charge is 0.507 e. The molecule has 1 heterocycles. The lowest BCUT2D eigenvalue weighted by Crippen LogP contribution is -2.48. The van der Waals surface area contributed by atoms with Gasteiger partial charge in [-0.25, -0.2) is 4.79 Å². The molecule has 0 aromatic heterocycles. The zero-order valence-electron chi connectivity index (χ0n) is 20.9. The zero-order valence-corrected chi connectivity index (χ0v) is 22.5. The number of benzene rings is 2. The van der Waals surface area contributed by atoms with Gasteiger partial charge in [0.2, 0.25) is 17.7 Å². The number of carboxylic acid groups (broad SMARTS) is 1. The van der Waals surface area contributed by atoms with E-state index < -0.39 is 36.4 Å². The summed E-state index contributed by atoms with van der Waals surface area (Å²) in [5, 5.41) is 36.0. The predicted molar refractivity (Wildman–Crippen MR) is 142 cm³/mol. The number of carbonyl (C=O) groups is 4. The van der Waals surface area contributed by atoms with Gasteiger partial charge in [0.1, 0.15) is 23.6 Å². The average Bonchev–Trinajstić information content (AvgIpc) is 2.87. The van der Waals surface area contributed by atoms with Crippen LogP contribution in [0.25, 0.3) is 11.1 Å². The maximum Gasteiger partial charge on any atom is 0.326 e. The number of hydrogen-bond donors (Lipinski definition) is 6. The minimum Gasteiger partial charge on any atom is -0.507 e. The first-order valence-corrected chi connectivity index (χ1v) is 12.9. The van der Waals surface area contributed by atoms with Crippen LogP contribution in [0.4, 0.5) is 0 Å². The number of hydrogen-bond acceptors (Lipinski definition) is 7. The fourth-order valence-corrected chi connectivity index (χ4v) is 4.84. The lowest BCUT2D eigenvalue weighted by molar-refractivity contribution is -0.142. The van der Waals surface area contributed by atoms with Gasteiger partial charge in [0, 0.05) is 31.0 Å². The molecule has 0 aliphatic carbocycles. The third-order valence-corrected chi connectivity index (χ3v) is 6.97. The van der Waals surface area contributed by atoms with E-state index in [0.717, 1.165) is 12.8 Å². The van der Waals surface area contributed by atoms with Gasteiger partial charge >= 0.3 is 5.97 Å². The van der Waals surface area contributed by atoms with Crippen LogP contribution in [0.3, 0.4) is 0 Å². The van der Waals surface area contributed by atoms with Crippen molar-refractivity contribution in [3.05, 3.63) is 45.9 Å². The van der Waals surface area contributed by atoms with Crippen molar-refractivity contribution in [2.45, 2.75) is 44.2 Å². The second-order valence-electron chi connectivity index (χ2n) is 9.14. The summed E-state index contributed by atoms with van der Waals surface area (Å²) < 4.78 is 0.247. The molecule has 4 bridgehead atoms. The molecule has 2 atom stereocenters. The first-order chi connectivity index (χ1) is 18.0. The zero-order chi connectivity index (χ0) is 28.0. The Morgan fingerprint density at radius 3 is 2.53 bits per heavy atom. The van der Waals surface area contributed by atoms with Crippen molar-refractivity contribution in [1.82, 2.24) is 15.5 Å². The minimum atomic E-state index is -1.32. The van der Waals surface area contributed by atoms with Crippen molar-refractivity contribution >= 4 is 39.6 Å². The number of nitrogens with two attached hydrogens (primary N) is 1. The highest BCUT2D eigenvalue weighted by Gasteiger charge is 2.31. The van der Waals surface area contributed by atoms with Crippen LogP contribution in [-0.4, -0.2) is 70.1 Å². The number of phenols is 2. The summed E-state index contributed by atoms with van der Waals surface area (Å²) in [7, 11) is 1.47. The minimum absolute atomic E-state index is 0.120. The number of fused-ring (bicyclic) bond motifs is 5. The van der Waals surface area contributed by atoms with Crippen molar-refractivity contribution < 1.29 is 34.5 Å². The van der Waals surface area contributed by atoms with Crippen molar-refractivity contribution in [2.75, 3.05) is 20.1 Å². The number of amides is 3. The molecule has 38 heavy (non-hydrogen) atoms. The highest BCUT2D eigenvalue weighted by Crippen LogP contribution is 2.42. The van der Waals surface area contributed by atoms with Crippen molar-refractivity contribution in [1.29, 1.82) is 0 Å². The number of nitrogens with one attached hydrogen (secondary N) is 2. The topological polar surface area (TPSA) is 182 Å². The number of carbonyl (C=O) groups excluding carboxylic acids is 3. The van der Waals surface area contributed by atoms with Crippen LogP contribution in [0.1, 0.15) is 42.9 Å². The lowest BCUT2D eigenvalue weighted by atomic mass is 9.94. The molecular formula is C26H31BrN4O7. The second kappa shape index (κ2) is 12.7. The third-order valence-electron chi connectivity index (χ3n) is 6.37. The van der Waals surface area contributed by atoms with Crippen LogP contribution >= 0.6 is 15.9 Å². The number of carboxylic acids is 1. The van der Waals surface area contributed by atoms with Crippen LogP contribution < -0.4 is 16.4 Å². The van der Waals surface area contributed by atoms with E-state index >= 15 is 0 Å². The van der Waals surface area contributed by atoms with Crippen LogP contribution in [0.2, 0.25) is 0 Å². The maximum atomic E-state index is 13.3. The molecule has 3 amide bonds. The standard InChI is InChI=1S/C26H31BrN4O7/c1-31(22(34)5-3-2-4-8-28)23-15-6-7-20(32)16(12-15)17-9-14(10-18(27)24(17)35)11-19(26(37)38)30-21(33)13-29-25(23)36/h6-7,9-10,12,19,23,32,35H,2-5,8,11,13,28H2,1H3,(H,29,36)(H,30,33)(H,37,38). The van der Waals surface area contributed by atoms with E-state index in [2.05, 4.69) is 26.6 Å². The van der Waals surface area contributed by atoms with Gasteiger partial charge in [-0.2, -0.15) is 0 Å². The second-order valence-corrected chi connectivity index (χ2v) is 9.99.